The monoisotopic (exact) mass is 302 g/mol. The fourth-order valence-corrected chi connectivity index (χ4v) is 2.55. The highest BCUT2D eigenvalue weighted by Crippen LogP contribution is 2.33. The van der Waals surface area contributed by atoms with Crippen molar-refractivity contribution in [2.24, 2.45) is 16.8 Å². The minimum absolute atomic E-state index is 0.0337. The summed E-state index contributed by atoms with van der Waals surface area (Å²) >= 11 is 0. The molecule has 1 aromatic rings. The molecule has 0 radical (unpaired) electrons. The second kappa shape index (κ2) is 6.30. The average molecular weight is 302 g/mol. The van der Waals surface area contributed by atoms with Gasteiger partial charge in [-0.05, 0) is 31.0 Å². The number of nitrogens with zero attached hydrogens (tertiary/aromatic N) is 3. The topological polar surface area (TPSA) is 74.7 Å². The number of pyridine rings is 1. The van der Waals surface area contributed by atoms with Gasteiger partial charge in [-0.3, -0.25) is 9.88 Å². The first-order valence-electron chi connectivity index (χ1n) is 6.62. The normalized spacial score (nSPS) is 21.5. The molecule has 0 amide bonds. The van der Waals surface area contributed by atoms with Gasteiger partial charge in [-0.1, -0.05) is 11.2 Å². The Bertz CT molecular complexity index is 518. The van der Waals surface area contributed by atoms with Crippen LogP contribution in [0, 0.1) is 5.92 Å². The highest BCUT2D eigenvalue weighted by Gasteiger charge is 2.41. The number of hydrogen-bond acceptors (Lipinski definition) is 4. The first-order valence-corrected chi connectivity index (χ1v) is 6.62. The molecule has 1 aliphatic rings. The first-order chi connectivity index (χ1) is 9.91. The van der Waals surface area contributed by atoms with E-state index in [1.165, 1.54) is 6.20 Å². The Morgan fingerprint density at radius 2 is 2.29 bits per heavy atom. The summed E-state index contributed by atoms with van der Waals surface area (Å²) in [6.45, 7) is 0.858. The summed E-state index contributed by atoms with van der Waals surface area (Å²) in [4.78, 5) is 5.75. The molecule has 2 rings (SSSR count). The van der Waals surface area contributed by atoms with Gasteiger partial charge >= 0.3 is 6.18 Å². The molecule has 0 spiro atoms. The van der Waals surface area contributed by atoms with E-state index in [4.69, 9.17) is 10.9 Å². The van der Waals surface area contributed by atoms with Crippen molar-refractivity contribution in [2.45, 2.75) is 25.6 Å². The molecule has 0 bridgehead atoms. The van der Waals surface area contributed by atoms with Crippen molar-refractivity contribution in [1.82, 2.24) is 9.88 Å². The van der Waals surface area contributed by atoms with Gasteiger partial charge in [-0.25, -0.2) is 0 Å². The lowest BCUT2D eigenvalue weighted by Crippen LogP contribution is -2.41. The van der Waals surface area contributed by atoms with Crippen LogP contribution in [-0.4, -0.2) is 40.2 Å². The molecule has 0 saturated carbocycles. The van der Waals surface area contributed by atoms with Crippen molar-refractivity contribution in [3.63, 3.8) is 0 Å². The first kappa shape index (κ1) is 15.6. The number of halogens is 3. The quantitative estimate of drug-likeness (QED) is 0.387. The van der Waals surface area contributed by atoms with Crippen LogP contribution in [-0.2, 0) is 6.54 Å². The summed E-state index contributed by atoms with van der Waals surface area (Å²) in [6, 6.07) is 3.40. The van der Waals surface area contributed by atoms with E-state index in [9.17, 15) is 13.2 Å². The van der Waals surface area contributed by atoms with Gasteiger partial charge in [0.15, 0.2) is 5.84 Å². The summed E-state index contributed by atoms with van der Waals surface area (Å²) < 4.78 is 38.4. The third-order valence-electron chi connectivity index (χ3n) is 3.60. The van der Waals surface area contributed by atoms with Crippen LogP contribution < -0.4 is 5.73 Å². The highest BCUT2D eigenvalue weighted by molar-refractivity contribution is 5.96. The third kappa shape index (κ3) is 3.84. The Morgan fingerprint density at radius 3 is 2.95 bits per heavy atom. The van der Waals surface area contributed by atoms with Gasteiger partial charge in [0.1, 0.15) is 5.69 Å². The van der Waals surface area contributed by atoms with Crippen LogP contribution in [0.5, 0.6) is 0 Å². The molecular weight excluding hydrogens is 285 g/mol. The van der Waals surface area contributed by atoms with Crippen LogP contribution in [0.4, 0.5) is 13.2 Å². The number of amidine groups is 1. The Balaban J connectivity index is 2.12. The van der Waals surface area contributed by atoms with Crippen LogP contribution in [0.1, 0.15) is 24.1 Å². The van der Waals surface area contributed by atoms with E-state index >= 15 is 0 Å². The zero-order chi connectivity index (χ0) is 15.5. The number of aromatic nitrogens is 1. The number of alkyl halides is 3. The maximum absolute atomic E-state index is 12.8. The van der Waals surface area contributed by atoms with Crippen molar-refractivity contribution in [3.8, 4) is 0 Å². The van der Waals surface area contributed by atoms with E-state index in [1.807, 2.05) is 0 Å². The molecule has 8 heteroatoms. The Morgan fingerprint density at radius 1 is 1.52 bits per heavy atom. The SMILES string of the molecule is NC(=NO)c1ncccc1CN1CCCC(C(F)(F)F)C1. The van der Waals surface area contributed by atoms with Gasteiger partial charge in [-0.15, -0.1) is 0 Å². The third-order valence-corrected chi connectivity index (χ3v) is 3.60. The number of hydrogen-bond donors (Lipinski definition) is 2. The standard InChI is InChI=1S/C13H17F3N4O/c14-13(15,16)10-4-2-6-20(8-10)7-9-3-1-5-18-11(9)12(17)19-21/h1,3,5,10,21H,2,4,6-8H2,(H2,17,19). The summed E-state index contributed by atoms with van der Waals surface area (Å²) in [5.41, 5.74) is 6.48. The minimum Gasteiger partial charge on any atom is -0.409 e. The Hall–Kier alpha value is -1.83. The van der Waals surface area contributed by atoms with Crippen LogP contribution in [0.15, 0.2) is 23.5 Å². The molecule has 2 heterocycles. The van der Waals surface area contributed by atoms with Gasteiger partial charge in [0.25, 0.3) is 0 Å². The van der Waals surface area contributed by atoms with Gasteiger partial charge in [-0.2, -0.15) is 13.2 Å². The zero-order valence-electron chi connectivity index (χ0n) is 11.3. The predicted octanol–water partition coefficient (Wildman–Crippen LogP) is 1.95. The second-order valence-corrected chi connectivity index (χ2v) is 5.11. The summed E-state index contributed by atoms with van der Waals surface area (Å²) in [5, 5.41) is 11.6. The van der Waals surface area contributed by atoms with Crippen LogP contribution in [0.3, 0.4) is 0 Å². The van der Waals surface area contributed by atoms with E-state index in [-0.39, 0.29) is 18.8 Å². The molecule has 1 aromatic heterocycles. The Kier molecular flexibility index (Phi) is 4.66. The lowest BCUT2D eigenvalue weighted by atomic mass is 9.97. The number of piperidine rings is 1. The molecule has 1 aliphatic heterocycles. The molecule has 1 atom stereocenters. The number of likely N-dealkylation sites (tertiary alicyclic amines) is 1. The van der Waals surface area contributed by atoms with Crippen LogP contribution >= 0.6 is 0 Å². The van der Waals surface area contributed by atoms with Crippen molar-refractivity contribution >= 4 is 5.84 Å². The largest absolute Gasteiger partial charge is 0.409 e. The fourth-order valence-electron chi connectivity index (χ4n) is 2.55. The van der Waals surface area contributed by atoms with Gasteiger partial charge < -0.3 is 10.9 Å². The number of rotatable bonds is 3. The number of nitrogens with two attached hydrogens (primary N) is 1. The van der Waals surface area contributed by atoms with E-state index < -0.39 is 12.1 Å². The van der Waals surface area contributed by atoms with Crippen LogP contribution in [0.2, 0.25) is 0 Å². The lowest BCUT2D eigenvalue weighted by molar-refractivity contribution is -0.187. The molecule has 1 fully saturated rings. The van der Waals surface area contributed by atoms with E-state index in [0.717, 1.165) is 0 Å². The predicted molar refractivity (Wildman–Crippen MR) is 70.8 cm³/mol. The smallest absolute Gasteiger partial charge is 0.393 e. The van der Waals surface area contributed by atoms with Gasteiger partial charge in [0.05, 0.1) is 5.92 Å². The molecule has 1 unspecified atom stereocenters. The van der Waals surface area contributed by atoms with Crippen molar-refractivity contribution in [3.05, 3.63) is 29.6 Å². The van der Waals surface area contributed by atoms with Crippen molar-refractivity contribution in [2.75, 3.05) is 13.1 Å². The van der Waals surface area contributed by atoms with E-state index in [0.29, 0.717) is 30.8 Å². The van der Waals surface area contributed by atoms with E-state index in [2.05, 4.69) is 10.1 Å². The maximum atomic E-state index is 12.8. The molecule has 0 aliphatic carbocycles. The Labute approximate surface area is 120 Å². The zero-order valence-corrected chi connectivity index (χ0v) is 11.3. The number of oxime groups is 1. The second-order valence-electron chi connectivity index (χ2n) is 5.11. The fraction of sp³-hybridized carbons (Fsp3) is 0.538. The minimum atomic E-state index is -4.16. The van der Waals surface area contributed by atoms with E-state index in [1.54, 1.807) is 17.0 Å². The summed E-state index contributed by atoms with van der Waals surface area (Å²) in [5.74, 6) is -1.44. The molecular formula is C13H17F3N4O. The molecule has 3 N–H and O–H groups in total. The molecule has 5 nitrogen and oxygen atoms in total. The van der Waals surface area contributed by atoms with Crippen molar-refractivity contribution in [1.29, 1.82) is 0 Å². The summed E-state index contributed by atoms with van der Waals surface area (Å²) in [7, 11) is 0. The van der Waals surface area contributed by atoms with Gasteiger partial charge in [0.2, 0.25) is 0 Å². The molecule has 116 valence electrons. The van der Waals surface area contributed by atoms with Gasteiger partial charge in [0, 0.05) is 19.3 Å². The molecule has 1 saturated heterocycles. The average Bonchev–Trinajstić information content (AvgIpc) is 2.46. The lowest BCUT2D eigenvalue weighted by Gasteiger charge is -2.33. The summed E-state index contributed by atoms with van der Waals surface area (Å²) in [6.07, 6.45) is -2.00. The van der Waals surface area contributed by atoms with Crippen molar-refractivity contribution < 1.29 is 18.4 Å². The molecule has 21 heavy (non-hydrogen) atoms. The maximum Gasteiger partial charge on any atom is 0.393 e. The highest BCUT2D eigenvalue weighted by atomic mass is 19.4. The molecule has 0 aromatic carbocycles. The van der Waals surface area contributed by atoms with Crippen LogP contribution in [0.25, 0.3) is 0 Å².